The number of hydrogen-bond donors (Lipinski definition) is 2. The lowest BCUT2D eigenvalue weighted by Gasteiger charge is -2.20. The van der Waals surface area contributed by atoms with Gasteiger partial charge in [-0.05, 0) is 17.6 Å². The van der Waals surface area contributed by atoms with Crippen molar-refractivity contribution in [2.45, 2.75) is 16.9 Å². The van der Waals surface area contributed by atoms with Crippen LogP contribution in [0.5, 0.6) is 0 Å². The third-order valence-electron chi connectivity index (χ3n) is 2.14. The van der Waals surface area contributed by atoms with E-state index in [0.29, 0.717) is 0 Å². The van der Waals surface area contributed by atoms with E-state index in [9.17, 15) is 0 Å². The fourth-order valence-corrected chi connectivity index (χ4v) is 2.09. The molecule has 0 saturated heterocycles. The third-order valence-corrected chi connectivity index (χ3v) is 3.45. The Balaban J connectivity index is 2.36. The third kappa shape index (κ3) is 1.18. The summed E-state index contributed by atoms with van der Waals surface area (Å²) in [5, 5.41) is 0.567. The number of rotatable bonds is 0. The van der Waals surface area contributed by atoms with Crippen molar-refractivity contribution in [2.75, 3.05) is 0 Å². The van der Waals surface area contributed by atoms with E-state index in [2.05, 4.69) is 49.6 Å². The van der Waals surface area contributed by atoms with Crippen LogP contribution in [0.2, 0.25) is 0 Å². The second kappa shape index (κ2) is 2.76. The Bertz CT molecular complexity index is 261. The Morgan fingerprint density at radius 2 is 2.09 bits per heavy atom. The van der Waals surface area contributed by atoms with Crippen LogP contribution in [-0.2, 0) is 0 Å². The first kappa shape index (κ1) is 7.56. The minimum atomic E-state index is 0.278. The van der Waals surface area contributed by atoms with E-state index < -0.39 is 0 Å². The second-order valence-electron chi connectivity index (χ2n) is 2.88. The molecule has 2 aliphatic rings. The Morgan fingerprint density at radius 3 is 2.91 bits per heavy atom. The van der Waals surface area contributed by atoms with Crippen LogP contribution in [0.1, 0.15) is 6.42 Å². The van der Waals surface area contributed by atoms with Crippen LogP contribution in [0.3, 0.4) is 0 Å². The van der Waals surface area contributed by atoms with Crippen molar-refractivity contribution in [1.82, 2.24) is 0 Å². The van der Waals surface area contributed by atoms with Crippen molar-refractivity contribution >= 4 is 25.3 Å². The molecule has 2 atom stereocenters. The molecule has 0 radical (unpaired) electrons. The molecule has 0 aromatic carbocycles. The van der Waals surface area contributed by atoms with E-state index in [4.69, 9.17) is 0 Å². The van der Waals surface area contributed by atoms with E-state index in [1.54, 1.807) is 0 Å². The molecule has 2 unspecified atom stereocenters. The number of thiol groups is 2. The van der Waals surface area contributed by atoms with Gasteiger partial charge < -0.3 is 0 Å². The fraction of sp³-hybridized carbons (Fsp3) is 0.333. The van der Waals surface area contributed by atoms with Gasteiger partial charge in [0.15, 0.2) is 0 Å². The van der Waals surface area contributed by atoms with Gasteiger partial charge in [0.05, 0.1) is 0 Å². The Labute approximate surface area is 77.9 Å². The highest BCUT2D eigenvalue weighted by molar-refractivity contribution is 7.85. The minimum Gasteiger partial charge on any atom is -0.170 e. The second-order valence-corrected chi connectivity index (χ2v) is 4.03. The molecule has 2 rings (SSSR count). The highest BCUT2D eigenvalue weighted by Crippen LogP contribution is 2.33. The van der Waals surface area contributed by atoms with Gasteiger partial charge in [-0.1, -0.05) is 24.3 Å². The van der Waals surface area contributed by atoms with Gasteiger partial charge in [-0.25, -0.2) is 0 Å². The normalized spacial score (nSPS) is 34.7. The molecule has 0 aromatic heterocycles. The lowest BCUT2D eigenvalue weighted by atomic mass is 9.99. The average Bonchev–Trinajstić information content (AvgIpc) is 2.45. The van der Waals surface area contributed by atoms with Crippen molar-refractivity contribution in [3.8, 4) is 0 Å². The van der Waals surface area contributed by atoms with E-state index in [1.165, 1.54) is 11.1 Å². The molecule has 11 heavy (non-hydrogen) atoms. The summed E-state index contributed by atoms with van der Waals surface area (Å²) < 4.78 is 0. The summed E-state index contributed by atoms with van der Waals surface area (Å²) in [5.74, 6) is 0. The Kier molecular flexibility index (Phi) is 1.90. The summed E-state index contributed by atoms with van der Waals surface area (Å²) in [6.07, 6.45) is 9.71. The zero-order valence-electron chi connectivity index (χ0n) is 6.07. The maximum Gasteiger partial charge on any atom is 0.0421 e. The molecule has 0 N–H and O–H groups in total. The lowest BCUT2D eigenvalue weighted by molar-refractivity contribution is 1.02. The van der Waals surface area contributed by atoms with Gasteiger partial charge >= 0.3 is 0 Å². The summed E-state index contributed by atoms with van der Waals surface area (Å²) in [5.41, 5.74) is 2.77. The average molecular weight is 182 g/mol. The molecule has 0 fully saturated rings. The molecule has 2 aliphatic carbocycles. The predicted molar refractivity (Wildman–Crippen MR) is 55.5 cm³/mol. The molecule has 58 valence electrons. The molecule has 0 bridgehead atoms. The van der Waals surface area contributed by atoms with Crippen molar-refractivity contribution in [3.63, 3.8) is 0 Å². The van der Waals surface area contributed by atoms with Gasteiger partial charge in [-0.2, -0.15) is 25.3 Å². The van der Waals surface area contributed by atoms with Gasteiger partial charge in [0.2, 0.25) is 0 Å². The van der Waals surface area contributed by atoms with E-state index in [1.807, 2.05) is 0 Å². The Hall–Kier alpha value is -0.0800. The van der Waals surface area contributed by atoms with Gasteiger partial charge in [0.25, 0.3) is 0 Å². The van der Waals surface area contributed by atoms with Crippen LogP contribution in [0, 0.1) is 0 Å². The van der Waals surface area contributed by atoms with Crippen LogP contribution in [0.4, 0.5) is 0 Å². The van der Waals surface area contributed by atoms with Crippen molar-refractivity contribution in [2.24, 2.45) is 0 Å². The highest BCUT2D eigenvalue weighted by atomic mass is 32.1. The van der Waals surface area contributed by atoms with Crippen LogP contribution in [-0.4, -0.2) is 10.5 Å². The topological polar surface area (TPSA) is 0 Å². The van der Waals surface area contributed by atoms with E-state index >= 15 is 0 Å². The zero-order chi connectivity index (χ0) is 7.84. The van der Waals surface area contributed by atoms with Gasteiger partial charge in [-0.15, -0.1) is 0 Å². The summed E-state index contributed by atoms with van der Waals surface area (Å²) in [4.78, 5) is 0. The monoisotopic (exact) mass is 182 g/mol. The molecular formula is C9H10S2. The zero-order valence-corrected chi connectivity index (χ0v) is 7.85. The van der Waals surface area contributed by atoms with Crippen molar-refractivity contribution in [1.29, 1.82) is 0 Å². The molecule has 0 saturated carbocycles. The minimum absolute atomic E-state index is 0.278. The highest BCUT2D eigenvalue weighted by Gasteiger charge is 2.22. The SMILES string of the molecule is SC1C=CC2=C(C=CC2)C1S. The van der Waals surface area contributed by atoms with Crippen molar-refractivity contribution in [3.05, 3.63) is 35.5 Å². The quantitative estimate of drug-likeness (QED) is 0.528. The molecule has 2 heteroatoms. The van der Waals surface area contributed by atoms with Crippen LogP contribution in [0.25, 0.3) is 0 Å². The summed E-state index contributed by atoms with van der Waals surface area (Å²) >= 11 is 8.90. The molecule has 0 heterocycles. The lowest BCUT2D eigenvalue weighted by Crippen LogP contribution is -2.17. The first-order chi connectivity index (χ1) is 5.29. The Morgan fingerprint density at radius 1 is 1.27 bits per heavy atom. The van der Waals surface area contributed by atoms with Crippen LogP contribution >= 0.6 is 25.3 Å². The smallest absolute Gasteiger partial charge is 0.0421 e. The summed E-state index contributed by atoms with van der Waals surface area (Å²) in [6.45, 7) is 0. The molecule has 0 aromatic rings. The summed E-state index contributed by atoms with van der Waals surface area (Å²) in [6, 6.07) is 0. The molecular weight excluding hydrogens is 172 g/mol. The molecule has 0 amide bonds. The largest absolute Gasteiger partial charge is 0.170 e. The maximum absolute atomic E-state index is 4.49. The molecule has 0 aliphatic heterocycles. The fourth-order valence-electron chi connectivity index (χ4n) is 1.49. The van der Waals surface area contributed by atoms with Gasteiger partial charge in [-0.3, -0.25) is 0 Å². The number of allylic oxidation sites excluding steroid dienone is 4. The van der Waals surface area contributed by atoms with Crippen molar-refractivity contribution < 1.29 is 0 Å². The maximum atomic E-state index is 4.49. The van der Waals surface area contributed by atoms with Crippen LogP contribution < -0.4 is 0 Å². The standard InChI is InChI=1S/C9H10S2/c10-8-5-4-6-2-1-3-7(6)9(8)11/h1,3-5,8-11H,2H2. The molecule has 0 spiro atoms. The number of hydrogen-bond acceptors (Lipinski definition) is 2. The van der Waals surface area contributed by atoms with Gasteiger partial charge in [0, 0.05) is 10.5 Å². The first-order valence-electron chi connectivity index (χ1n) is 3.73. The molecule has 0 nitrogen and oxygen atoms in total. The van der Waals surface area contributed by atoms with E-state index in [-0.39, 0.29) is 10.5 Å². The van der Waals surface area contributed by atoms with E-state index in [0.717, 1.165) is 6.42 Å². The van der Waals surface area contributed by atoms with Crippen LogP contribution in [0.15, 0.2) is 35.5 Å². The predicted octanol–water partition coefficient (Wildman–Crippen LogP) is 2.41. The van der Waals surface area contributed by atoms with Gasteiger partial charge in [0.1, 0.15) is 0 Å². The summed E-state index contributed by atoms with van der Waals surface area (Å²) in [7, 11) is 0. The first-order valence-corrected chi connectivity index (χ1v) is 4.76.